The Labute approximate surface area is 233 Å². The zero-order valence-corrected chi connectivity index (χ0v) is 21.9. The minimum atomic E-state index is 0.753. The van der Waals surface area contributed by atoms with E-state index in [2.05, 4.69) is 136 Å². The van der Waals surface area contributed by atoms with Crippen molar-refractivity contribution in [1.29, 1.82) is 0 Å². The third-order valence-corrected chi connectivity index (χ3v) is 7.29. The maximum atomic E-state index is 5.83. The fourth-order valence-corrected chi connectivity index (χ4v) is 5.40. The molecule has 0 saturated heterocycles. The predicted octanol–water partition coefficient (Wildman–Crippen LogP) is 9.58. The van der Waals surface area contributed by atoms with Gasteiger partial charge in [-0.05, 0) is 97.1 Å². The molecule has 0 unspecified atom stereocenters. The molecule has 40 heavy (non-hydrogen) atoms. The molecular formula is C36H28N4. The van der Waals surface area contributed by atoms with E-state index in [9.17, 15) is 0 Å². The number of nitrogens with zero attached hydrogens (tertiary/aromatic N) is 2. The second-order valence-electron chi connectivity index (χ2n) is 9.85. The van der Waals surface area contributed by atoms with Crippen LogP contribution in [-0.4, -0.2) is 4.57 Å². The Morgan fingerprint density at radius 2 is 0.900 bits per heavy atom. The molecule has 0 saturated carbocycles. The van der Waals surface area contributed by atoms with Crippen LogP contribution in [0.4, 0.5) is 34.1 Å². The average Bonchev–Trinajstić information content (AvgIpc) is 3.35. The van der Waals surface area contributed by atoms with Crippen LogP contribution in [0.25, 0.3) is 27.5 Å². The summed E-state index contributed by atoms with van der Waals surface area (Å²) in [5.74, 6) is 0. The first-order valence-corrected chi connectivity index (χ1v) is 13.4. The van der Waals surface area contributed by atoms with Gasteiger partial charge in [0, 0.05) is 50.6 Å². The summed E-state index contributed by atoms with van der Waals surface area (Å²) in [5, 5.41) is 5.98. The van der Waals surface area contributed by atoms with Crippen LogP contribution in [0.3, 0.4) is 0 Å². The Kier molecular flexibility index (Phi) is 5.91. The molecule has 0 bridgehead atoms. The zero-order valence-electron chi connectivity index (χ0n) is 21.9. The number of para-hydroxylation sites is 3. The number of hydrogen-bond acceptors (Lipinski definition) is 3. The van der Waals surface area contributed by atoms with Crippen molar-refractivity contribution in [1.82, 2.24) is 4.57 Å². The first kappa shape index (κ1) is 23.6. The van der Waals surface area contributed by atoms with Crippen molar-refractivity contribution in [3.8, 4) is 5.69 Å². The van der Waals surface area contributed by atoms with Crippen molar-refractivity contribution in [3.63, 3.8) is 0 Å². The van der Waals surface area contributed by atoms with Gasteiger partial charge in [-0.25, -0.2) is 0 Å². The molecule has 0 fully saturated rings. The minimum Gasteiger partial charge on any atom is -0.399 e. The van der Waals surface area contributed by atoms with E-state index in [0.717, 1.165) is 39.8 Å². The summed E-state index contributed by atoms with van der Waals surface area (Å²) in [6.45, 7) is 0. The smallest absolute Gasteiger partial charge is 0.0541 e. The minimum absolute atomic E-state index is 0.753. The zero-order chi connectivity index (χ0) is 26.9. The van der Waals surface area contributed by atoms with Crippen LogP contribution in [0.1, 0.15) is 0 Å². The van der Waals surface area contributed by atoms with Crippen molar-refractivity contribution >= 4 is 55.9 Å². The number of nitrogens with one attached hydrogen (secondary N) is 1. The number of nitrogens with two attached hydrogens (primary N) is 1. The molecule has 0 amide bonds. The van der Waals surface area contributed by atoms with E-state index >= 15 is 0 Å². The molecule has 0 spiro atoms. The first-order chi connectivity index (χ1) is 19.7. The van der Waals surface area contributed by atoms with Gasteiger partial charge in [-0.15, -0.1) is 0 Å². The quantitative estimate of drug-likeness (QED) is 0.216. The highest BCUT2D eigenvalue weighted by atomic mass is 15.1. The van der Waals surface area contributed by atoms with Crippen LogP contribution in [0, 0.1) is 0 Å². The summed E-state index contributed by atoms with van der Waals surface area (Å²) in [6.07, 6.45) is 0. The second kappa shape index (κ2) is 10.0. The molecular weight excluding hydrogens is 488 g/mol. The number of benzene rings is 6. The SMILES string of the molecule is Nc1ccc(Nc2ccc(N(c3ccccc3)c3ccc(-n4c5ccccc5c5ccccc54)cc3)cc2)cc1. The predicted molar refractivity (Wildman–Crippen MR) is 170 cm³/mol. The van der Waals surface area contributed by atoms with E-state index in [0.29, 0.717) is 0 Å². The van der Waals surface area contributed by atoms with Gasteiger partial charge in [-0.2, -0.15) is 0 Å². The summed E-state index contributed by atoms with van der Waals surface area (Å²) < 4.78 is 2.35. The summed E-state index contributed by atoms with van der Waals surface area (Å²) in [4.78, 5) is 2.28. The second-order valence-corrected chi connectivity index (χ2v) is 9.85. The lowest BCUT2D eigenvalue weighted by Crippen LogP contribution is -2.10. The van der Waals surface area contributed by atoms with Gasteiger partial charge in [-0.1, -0.05) is 54.6 Å². The topological polar surface area (TPSA) is 46.2 Å². The Bertz CT molecular complexity index is 1850. The Morgan fingerprint density at radius 3 is 1.48 bits per heavy atom. The molecule has 6 aromatic carbocycles. The number of hydrogen-bond donors (Lipinski definition) is 2. The highest BCUT2D eigenvalue weighted by Gasteiger charge is 2.15. The van der Waals surface area contributed by atoms with Crippen LogP contribution in [0.2, 0.25) is 0 Å². The van der Waals surface area contributed by atoms with Gasteiger partial charge in [0.25, 0.3) is 0 Å². The van der Waals surface area contributed by atoms with E-state index < -0.39 is 0 Å². The number of rotatable bonds is 6. The van der Waals surface area contributed by atoms with Crippen molar-refractivity contribution in [2.75, 3.05) is 16.0 Å². The van der Waals surface area contributed by atoms with Gasteiger partial charge >= 0.3 is 0 Å². The summed E-state index contributed by atoms with van der Waals surface area (Å²) >= 11 is 0. The molecule has 7 aromatic rings. The first-order valence-electron chi connectivity index (χ1n) is 13.4. The van der Waals surface area contributed by atoms with Crippen LogP contribution in [0.5, 0.6) is 0 Å². The molecule has 0 radical (unpaired) electrons. The number of nitrogen functional groups attached to an aromatic ring is 1. The van der Waals surface area contributed by atoms with Gasteiger partial charge < -0.3 is 20.5 Å². The standard InChI is InChI=1S/C36H28N4/c37-26-14-16-27(17-15-26)38-28-18-20-30(21-19-28)39(29-8-2-1-3-9-29)31-22-24-32(25-23-31)40-35-12-6-4-10-33(35)34-11-5-7-13-36(34)40/h1-25,38H,37H2. The number of aromatic nitrogens is 1. The third kappa shape index (κ3) is 4.32. The summed E-state index contributed by atoms with van der Waals surface area (Å²) in [5.41, 5.74) is 15.4. The molecule has 0 aliphatic heterocycles. The van der Waals surface area contributed by atoms with E-state index in [1.807, 2.05) is 30.3 Å². The van der Waals surface area contributed by atoms with Crippen LogP contribution in [-0.2, 0) is 0 Å². The normalized spacial score (nSPS) is 11.1. The molecule has 0 aliphatic carbocycles. The van der Waals surface area contributed by atoms with Gasteiger partial charge in [0.1, 0.15) is 0 Å². The summed E-state index contributed by atoms with van der Waals surface area (Å²) in [7, 11) is 0. The number of anilines is 6. The van der Waals surface area contributed by atoms with Gasteiger partial charge in [0.05, 0.1) is 11.0 Å². The van der Waals surface area contributed by atoms with Crippen LogP contribution >= 0.6 is 0 Å². The van der Waals surface area contributed by atoms with Gasteiger partial charge in [0.15, 0.2) is 0 Å². The summed E-state index contributed by atoms with van der Waals surface area (Å²) in [6, 6.07) is 52.8. The van der Waals surface area contributed by atoms with Crippen LogP contribution < -0.4 is 16.0 Å². The third-order valence-electron chi connectivity index (χ3n) is 7.29. The molecule has 4 heteroatoms. The van der Waals surface area contributed by atoms with E-state index in [1.54, 1.807) is 0 Å². The maximum Gasteiger partial charge on any atom is 0.0541 e. The highest BCUT2D eigenvalue weighted by molar-refractivity contribution is 6.09. The molecule has 7 rings (SSSR count). The van der Waals surface area contributed by atoms with Gasteiger partial charge in [-0.3, -0.25) is 0 Å². The van der Waals surface area contributed by atoms with E-state index in [4.69, 9.17) is 5.73 Å². The van der Waals surface area contributed by atoms with Crippen molar-refractivity contribution in [3.05, 3.63) is 152 Å². The van der Waals surface area contributed by atoms with E-state index in [-0.39, 0.29) is 0 Å². The average molecular weight is 517 g/mol. The lowest BCUT2D eigenvalue weighted by atomic mass is 10.1. The molecule has 1 aromatic heterocycles. The lowest BCUT2D eigenvalue weighted by Gasteiger charge is -2.26. The molecule has 4 nitrogen and oxygen atoms in total. The molecule has 192 valence electrons. The monoisotopic (exact) mass is 516 g/mol. The van der Waals surface area contributed by atoms with E-state index in [1.165, 1.54) is 21.8 Å². The lowest BCUT2D eigenvalue weighted by molar-refractivity contribution is 1.17. The Hall–Kier alpha value is -5.48. The maximum absolute atomic E-state index is 5.83. The fraction of sp³-hybridized carbons (Fsp3) is 0. The Balaban J connectivity index is 1.26. The van der Waals surface area contributed by atoms with Gasteiger partial charge in [0.2, 0.25) is 0 Å². The fourth-order valence-electron chi connectivity index (χ4n) is 5.40. The largest absolute Gasteiger partial charge is 0.399 e. The Morgan fingerprint density at radius 1 is 0.450 bits per heavy atom. The van der Waals surface area contributed by atoms with Crippen molar-refractivity contribution in [2.24, 2.45) is 0 Å². The highest BCUT2D eigenvalue weighted by Crippen LogP contribution is 2.37. The van der Waals surface area contributed by atoms with Crippen molar-refractivity contribution in [2.45, 2.75) is 0 Å². The molecule has 0 atom stereocenters. The van der Waals surface area contributed by atoms with Crippen molar-refractivity contribution < 1.29 is 0 Å². The number of fused-ring (bicyclic) bond motifs is 3. The molecule has 0 aliphatic rings. The van der Waals surface area contributed by atoms with Crippen LogP contribution in [0.15, 0.2) is 152 Å². The molecule has 1 heterocycles. The molecule has 3 N–H and O–H groups in total.